The topological polar surface area (TPSA) is 12.0 Å². The molecular formula is C17H17Cl2N. The van der Waals surface area contributed by atoms with Crippen LogP contribution in [0.5, 0.6) is 0 Å². The van der Waals surface area contributed by atoms with Crippen LogP contribution in [0.2, 0.25) is 10.0 Å². The van der Waals surface area contributed by atoms with Gasteiger partial charge in [-0.2, -0.15) is 0 Å². The van der Waals surface area contributed by atoms with Crippen LogP contribution in [0, 0.1) is 0 Å². The van der Waals surface area contributed by atoms with E-state index in [4.69, 9.17) is 23.2 Å². The van der Waals surface area contributed by atoms with Gasteiger partial charge < -0.3 is 5.32 Å². The molecule has 3 heteroatoms. The molecule has 20 heavy (non-hydrogen) atoms. The molecule has 0 spiro atoms. The second kappa shape index (κ2) is 5.40. The largest absolute Gasteiger partial charge is 0.307 e. The van der Waals surface area contributed by atoms with E-state index in [0.29, 0.717) is 10.0 Å². The molecule has 0 aliphatic heterocycles. The Bertz CT molecular complexity index is 639. The summed E-state index contributed by atoms with van der Waals surface area (Å²) in [5.41, 5.74) is 3.79. The predicted molar refractivity (Wildman–Crippen MR) is 85.7 cm³/mol. The minimum absolute atomic E-state index is 0.164. The van der Waals surface area contributed by atoms with Gasteiger partial charge in [-0.1, -0.05) is 53.5 Å². The van der Waals surface area contributed by atoms with Gasteiger partial charge in [-0.3, -0.25) is 0 Å². The first-order valence-electron chi connectivity index (χ1n) is 6.90. The molecule has 0 radical (unpaired) electrons. The summed E-state index contributed by atoms with van der Waals surface area (Å²) in [6.07, 6.45) is 3.37. The van der Waals surface area contributed by atoms with Crippen molar-refractivity contribution in [3.05, 3.63) is 69.2 Å². The fourth-order valence-electron chi connectivity index (χ4n) is 3.30. The van der Waals surface area contributed by atoms with E-state index < -0.39 is 0 Å². The van der Waals surface area contributed by atoms with E-state index in [1.807, 2.05) is 19.2 Å². The minimum Gasteiger partial charge on any atom is -0.307 e. The molecule has 2 aromatic carbocycles. The quantitative estimate of drug-likeness (QED) is 0.841. The highest BCUT2D eigenvalue weighted by molar-refractivity contribution is 6.42. The molecule has 1 nitrogen and oxygen atoms in total. The highest BCUT2D eigenvalue weighted by Crippen LogP contribution is 2.41. The monoisotopic (exact) mass is 305 g/mol. The van der Waals surface area contributed by atoms with Gasteiger partial charge >= 0.3 is 0 Å². The van der Waals surface area contributed by atoms with Crippen LogP contribution in [0.3, 0.4) is 0 Å². The van der Waals surface area contributed by atoms with Gasteiger partial charge in [0, 0.05) is 0 Å². The Hall–Kier alpha value is -1.02. The van der Waals surface area contributed by atoms with Gasteiger partial charge in [0.1, 0.15) is 0 Å². The number of fused-ring (bicyclic) bond motifs is 1. The molecule has 1 aliphatic carbocycles. The van der Waals surface area contributed by atoms with Crippen molar-refractivity contribution in [3.63, 3.8) is 0 Å². The second-order valence-electron chi connectivity index (χ2n) is 5.29. The third-order valence-electron chi connectivity index (χ3n) is 4.31. The van der Waals surface area contributed by atoms with Crippen molar-refractivity contribution >= 4 is 23.2 Å². The van der Waals surface area contributed by atoms with Gasteiger partial charge in [0.2, 0.25) is 0 Å². The lowest BCUT2D eigenvalue weighted by Crippen LogP contribution is -2.43. The van der Waals surface area contributed by atoms with E-state index in [2.05, 4.69) is 35.6 Å². The van der Waals surface area contributed by atoms with Crippen LogP contribution in [0.1, 0.15) is 29.5 Å². The number of halogens is 2. The minimum atomic E-state index is -0.164. The molecule has 0 bridgehead atoms. The van der Waals surface area contributed by atoms with Gasteiger partial charge in [-0.25, -0.2) is 0 Å². The Morgan fingerprint density at radius 3 is 2.60 bits per heavy atom. The number of rotatable bonds is 2. The summed E-state index contributed by atoms with van der Waals surface area (Å²) in [5, 5.41) is 4.75. The van der Waals surface area contributed by atoms with Crippen LogP contribution in [0.25, 0.3) is 0 Å². The predicted octanol–water partition coefficient (Wildman–Crippen LogP) is 4.79. The van der Waals surface area contributed by atoms with Crippen LogP contribution in [-0.2, 0) is 12.0 Å². The first-order chi connectivity index (χ1) is 9.67. The maximum atomic E-state index is 6.22. The lowest BCUT2D eigenvalue weighted by atomic mass is 9.72. The molecule has 0 saturated carbocycles. The summed E-state index contributed by atoms with van der Waals surface area (Å²) in [6, 6.07) is 14.6. The van der Waals surface area contributed by atoms with E-state index in [1.54, 1.807) is 0 Å². The molecule has 3 rings (SSSR count). The summed E-state index contributed by atoms with van der Waals surface area (Å²) in [6.45, 7) is 0. The van der Waals surface area contributed by atoms with Crippen molar-refractivity contribution in [1.82, 2.24) is 5.32 Å². The Morgan fingerprint density at radius 2 is 1.85 bits per heavy atom. The van der Waals surface area contributed by atoms with E-state index >= 15 is 0 Å². The Morgan fingerprint density at radius 1 is 1.05 bits per heavy atom. The Kier molecular flexibility index (Phi) is 3.76. The molecule has 0 heterocycles. The Balaban J connectivity index is 2.20. The van der Waals surface area contributed by atoms with Crippen LogP contribution < -0.4 is 5.32 Å². The van der Waals surface area contributed by atoms with Crippen molar-refractivity contribution in [2.45, 2.75) is 24.8 Å². The number of hydrogen-bond acceptors (Lipinski definition) is 1. The summed E-state index contributed by atoms with van der Waals surface area (Å²) < 4.78 is 0. The summed E-state index contributed by atoms with van der Waals surface area (Å²) in [4.78, 5) is 0. The van der Waals surface area contributed by atoms with E-state index in [-0.39, 0.29) is 5.54 Å². The molecule has 0 saturated heterocycles. The van der Waals surface area contributed by atoms with Gasteiger partial charge in [0.15, 0.2) is 0 Å². The lowest BCUT2D eigenvalue weighted by molar-refractivity contribution is 0.370. The van der Waals surface area contributed by atoms with Crippen molar-refractivity contribution in [2.24, 2.45) is 0 Å². The molecule has 0 aromatic heterocycles. The molecule has 1 aliphatic rings. The van der Waals surface area contributed by atoms with Crippen LogP contribution in [0.15, 0.2) is 42.5 Å². The molecular weight excluding hydrogens is 289 g/mol. The van der Waals surface area contributed by atoms with Crippen molar-refractivity contribution in [1.29, 1.82) is 0 Å². The highest BCUT2D eigenvalue weighted by atomic mass is 35.5. The number of nitrogens with one attached hydrogen (secondary N) is 1. The average Bonchev–Trinajstić information content (AvgIpc) is 2.49. The molecule has 0 unspecified atom stereocenters. The molecule has 2 aromatic rings. The smallest absolute Gasteiger partial charge is 0.0691 e. The molecule has 104 valence electrons. The van der Waals surface area contributed by atoms with Gasteiger partial charge in [0.05, 0.1) is 15.6 Å². The normalized spacial score (nSPS) is 21.6. The second-order valence-corrected chi connectivity index (χ2v) is 6.11. The number of aryl methyl sites for hydroxylation is 1. The SMILES string of the molecule is CN[C@]1(c2ccc(Cl)c(Cl)c2)CCCc2ccccc21. The highest BCUT2D eigenvalue weighted by Gasteiger charge is 2.36. The van der Waals surface area contributed by atoms with E-state index in [1.165, 1.54) is 16.7 Å². The standard InChI is InChI=1S/C17H17Cl2N/c1-20-17(13-8-9-15(18)16(19)11-13)10-4-6-12-5-2-3-7-14(12)17/h2-3,5,7-9,11,20H,4,6,10H2,1H3/t17-/m0/s1. The average molecular weight is 306 g/mol. The van der Waals surface area contributed by atoms with E-state index in [0.717, 1.165) is 19.3 Å². The molecule has 1 atom stereocenters. The van der Waals surface area contributed by atoms with Crippen LogP contribution >= 0.6 is 23.2 Å². The van der Waals surface area contributed by atoms with Crippen molar-refractivity contribution in [3.8, 4) is 0 Å². The zero-order valence-corrected chi connectivity index (χ0v) is 12.9. The summed E-state index contributed by atoms with van der Waals surface area (Å²) in [5.74, 6) is 0. The first kappa shape index (κ1) is 13.9. The summed E-state index contributed by atoms with van der Waals surface area (Å²) in [7, 11) is 2.02. The molecule has 0 amide bonds. The number of benzene rings is 2. The first-order valence-corrected chi connectivity index (χ1v) is 7.66. The van der Waals surface area contributed by atoms with Crippen LogP contribution in [0.4, 0.5) is 0 Å². The third kappa shape index (κ3) is 2.14. The maximum absolute atomic E-state index is 6.22. The van der Waals surface area contributed by atoms with Crippen LogP contribution in [-0.4, -0.2) is 7.05 Å². The summed E-state index contributed by atoms with van der Waals surface area (Å²) >= 11 is 12.3. The Labute approximate surface area is 129 Å². The lowest BCUT2D eigenvalue weighted by Gasteiger charge is -2.40. The van der Waals surface area contributed by atoms with Gasteiger partial charge in [-0.05, 0) is 55.1 Å². The van der Waals surface area contributed by atoms with Gasteiger partial charge in [-0.15, -0.1) is 0 Å². The fourth-order valence-corrected chi connectivity index (χ4v) is 3.60. The fraction of sp³-hybridized carbons (Fsp3) is 0.294. The number of hydrogen-bond donors (Lipinski definition) is 1. The van der Waals surface area contributed by atoms with Crippen molar-refractivity contribution < 1.29 is 0 Å². The molecule has 1 N–H and O–H groups in total. The zero-order chi connectivity index (χ0) is 14.2. The van der Waals surface area contributed by atoms with E-state index in [9.17, 15) is 0 Å². The van der Waals surface area contributed by atoms with Crippen molar-refractivity contribution in [2.75, 3.05) is 7.05 Å². The maximum Gasteiger partial charge on any atom is 0.0691 e. The third-order valence-corrected chi connectivity index (χ3v) is 5.05. The zero-order valence-electron chi connectivity index (χ0n) is 11.4. The van der Waals surface area contributed by atoms with Gasteiger partial charge in [0.25, 0.3) is 0 Å². The molecule has 0 fully saturated rings.